The van der Waals surface area contributed by atoms with Gasteiger partial charge in [0.25, 0.3) is 5.91 Å². The van der Waals surface area contributed by atoms with Crippen molar-refractivity contribution >= 4 is 5.91 Å². The van der Waals surface area contributed by atoms with Crippen LogP contribution in [0, 0.1) is 13.8 Å². The van der Waals surface area contributed by atoms with Crippen molar-refractivity contribution in [3.05, 3.63) is 35.0 Å². The number of hydrogen-bond acceptors (Lipinski definition) is 5. The van der Waals surface area contributed by atoms with Gasteiger partial charge in [-0.05, 0) is 26.7 Å². The topological polar surface area (TPSA) is 72.4 Å². The largest absolute Gasteiger partial charge is 0.359 e. The molecule has 0 N–H and O–H groups in total. The Balaban J connectivity index is 1.85. The van der Waals surface area contributed by atoms with Crippen molar-refractivity contribution in [2.24, 2.45) is 0 Å². The maximum absolute atomic E-state index is 12.4. The third-order valence-corrected chi connectivity index (χ3v) is 3.33. The summed E-state index contributed by atoms with van der Waals surface area (Å²) in [7, 11) is 0. The van der Waals surface area contributed by atoms with E-state index >= 15 is 0 Å². The van der Waals surface area contributed by atoms with Gasteiger partial charge < -0.3 is 13.9 Å². The number of carbonyl (C=O) groups excluding carboxylic acids is 1. The van der Waals surface area contributed by atoms with Gasteiger partial charge >= 0.3 is 0 Å². The molecule has 100 valence electrons. The standard InChI is InChI=1S/C13H15N3O3/c1-8-6-11(18-14-8)10-4-3-5-16(10)13(17)12-7-9(2)15-19-12/h6-7,10H,3-5H2,1-2H3/t10-/m0/s1. The van der Waals surface area contributed by atoms with Crippen LogP contribution in [0.5, 0.6) is 0 Å². The van der Waals surface area contributed by atoms with Gasteiger partial charge in [0, 0.05) is 18.7 Å². The molecule has 0 spiro atoms. The highest BCUT2D eigenvalue weighted by atomic mass is 16.5. The summed E-state index contributed by atoms with van der Waals surface area (Å²) >= 11 is 0. The first kappa shape index (κ1) is 12.0. The smallest absolute Gasteiger partial charge is 0.293 e. The molecule has 0 aliphatic carbocycles. The second-order valence-corrected chi connectivity index (χ2v) is 4.86. The third kappa shape index (κ3) is 2.14. The quantitative estimate of drug-likeness (QED) is 0.829. The summed E-state index contributed by atoms with van der Waals surface area (Å²) in [6, 6.07) is 3.48. The fourth-order valence-electron chi connectivity index (χ4n) is 2.45. The molecule has 1 amide bonds. The molecule has 19 heavy (non-hydrogen) atoms. The lowest BCUT2D eigenvalue weighted by Gasteiger charge is -2.20. The predicted octanol–water partition coefficient (Wildman–Crippen LogP) is 2.26. The van der Waals surface area contributed by atoms with Gasteiger partial charge in [-0.25, -0.2) is 0 Å². The molecule has 6 nitrogen and oxygen atoms in total. The van der Waals surface area contributed by atoms with Crippen LogP contribution in [-0.2, 0) is 0 Å². The van der Waals surface area contributed by atoms with Crippen LogP contribution in [0.15, 0.2) is 21.2 Å². The molecule has 0 aromatic carbocycles. The van der Waals surface area contributed by atoms with E-state index in [4.69, 9.17) is 9.05 Å². The number of carbonyl (C=O) groups is 1. The SMILES string of the molecule is Cc1cc(C(=O)N2CCC[C@H]2c2cc(C)no2)on1. The number of rotatable bonds is 2. The lowest BCUT2D eigenvalue weighted by molar-refractivity contribution is 0.0672. The highest BCUT2D eigenvalue weighted by molar-refractivity contribution is 5.91. The van der Waals surface area contributed by atoms with Crippen LogP contribution < -0.4 is 0 Å². The van der Waals surface area contributed by atoms with Crippen molar-refractivity contribution in [1.82, 2.24) is 15.2 Å². The van der Waals surface area contributed by atoms with E-state index in [9.17, 15) is 4.79 Å². The molecule has 2 aromatic heterocycles. The fraction of sp³-hybridized carbons (Fsp3) is 0.462. The first-order valence-corrected chi connectivity index (χ1v) is 6.32. The van der Waals surface area contributed by atoms with E-state index in [1.807, 2.05) is 13.0 Å². The molecular weight excluding hydrogens is 246 g/mol. The molecular formula is C13H15N3O3. The van der Waals surface area contributed by atoms with Gasteiger partial charge in [-0.15, -0.1) is 0 Å². The van der Waals surface area contributed by atoms with Crippen LogP contribution in [0.25, 0.3) is 0 Å². The molecule has 0 bridgehead atoms. The summed E-state index contributed by atoms with van der Waals surface area (Å²) in [5.41, 5.74) is 1.53. The lowest BCUT2D eigenvalue weighted by Crippen LogP contribution is -2.30. The Kier molecular flexibility index (Phi) is 2.85. The fourth-order valence-corrected chi connectivity index (χ4v) is 2.45. The van der Waals surface area contributed by atoms with Gasteiger partial charge in [0.2, 0.25) is 5.76 Å². The Morgan fingerprint density at radius 1 is 1.26 bits per heavy atom. The molecule has 1 atom stereocenters. The second kappa shape index (κ2) is 4.53. The van der Waals surface area contributed by atoms with Gasteiger partial charge in [0.05, 0.1) is 17.4 Å². The van der Waals surface area contributed by atoms with Gasteiger partial charge in [-0.1, -0.05) is 10.3 Å². The van der Waals surface area contributed by atoms with Crippen molar-refractivity contribution < 1.29 is 13.8 Å². The molecule has 1 aliphatic rings. The maximum Gasteiger partial charge on any atom is 0.293 e. The average molecular weight is 261 g/mol. The van der Waals surface area contributed by atoms with Crippen LogP contribution in [0.4, 0.5) is 0 Å². The zero-order chi connectivity index (χ0) is 13.4. The molecule has 1 fully saturated rings. The Labute approximate surface area is 110 Å². The summed E-state index contributed by atoms with van der Waals surface area (Å²) in [6.45, 7) is 4.36. The van der Waals surface area contributed by atoms with E-state index in [1.54, 1.807) is 17.9 Å². The number of likely N-dealkylation sites (tertiary alicyclic amines) is 1. The number of amides is 1. The zero-order valence-electron chi connectivity index (χ0n) is 10.9. The Morgan fingerprint density at radius 3 is 2.63 bits per heavy atom. The van der Waals surface area contributed by atoms with E-state index in [1.165, 1.54) is 0 Å². The summed E-state index contributed by atoms with van der Waals surface area (Å²) in [6.07, 6.45) is 1.83. The van der Waals surface area contributed by atoms with Gasteiger partial charge in [0.1, 0.15) is 0 Å². The van der Waals surface area contributed by atoms with Crippen molar-refractivity contribution in [2.45, 2.75) is 32.7 Å². The molecule has 1 saturated heterocycles. The molecule has 2 aromatic rings. The van der Waals surface area contributed by atoms with Crippen LogP contribution in [-0.4, -0.2) is 27.7 Å². The van der Waals surface area contributed by atoms with Crippen molar-refractivity contribution in [3.63, 3.8) is 0 Å². The summed E-state index contributed by atoms with van der Waals surface area (Å²) in [5.74, 6) is 0.873. The lowest BCUT2D eigenvalue weighted by atomic mass is 10.1. The molecule has 3 heterocycles. The molecule has 1 aliphatic heterocycles. The van der Waals surface area contributed by atoms with E-state index < -0.39 is 0 Å². The van der Waals surface area contributed by atoms with Gasteiger partial charge in [0.15, 0.2) is 5.76 Å². The monoisotopic (exact) mass is 261 g/mol. The zero-order valence-corrected chi connectivity index (χ0v) is 10.9. The van der Waals surface area contributed by atoms with E-state index in [0.29, 0.717) is 12.2 Å². The van der Waals surface area contributed by atoms with E-state index in [-0.39, 0.29) is 17.7 Å². The second-order valence-electron chi connectivity index (χ2n) is 4.86. The highest BCUT2D eigenvalue weighted by Crippen LogP contribution is 2.33. The summed E-state index contributed by atoms with van der Waals surface area (Å²) < 4.78 is 10.3. The summed E-state index contributed by atoms with van der Waals surface area (Å²) in [5, 5.41) is 7.64. The number of nitrogens with zero attached hydrogens (tertiary/aromatic N) is 3. The highest BCUT2D eigenvalue weighted by Gasteiger charge is 2.34. The van der Waals surface area contributed by atoms with Crippen molar-refractivity contribution in [2.75, 3.05) is 6.54 Å². The maximum atomic E-state index is 12.4. The van der Waals surface area contributed by atoms with E-state index in [2.05, 4.69) is 10.3 Å². The minimum absolute atomic E-state index is 0.0564. The normalized spacial score (nSPS) is 19.1. The Bertz CT molecular complexity index is 602. The minimum atomic E-state index is -0.142. The van der Waals surface area contributed by atoms with Gasteiger partial charge in [-0.2, -0.15) is 0 Å². The van der Waals surface area contributed by atoms with Crippen LogP contribution in [0.2, 0.25) is 0 Å². The Morgan fingerprint density at radius 2 is 2.00 bits per heavy atom. The molecule has 3 rings (SSSR count). The first-order valence-electron chi connectivity index (χ1n) is 6.32. The number of aromatic nitrogens is 2. The molecule has 0 saturated carbocycles. The van der Waals surface area contributed by atoms with Crippen LogP contribution >= 0.6 is 0 Å². The van der Waals surface area contributed by atoms with Crippen LogP contribution in [0.3, 0.4) is 0 Å². The number of hydrogen-bond donors (Lipinski definition) is 0. The predicted molar refractivity (Wildman–Crippen MR) is 65.5 cm³/mol. The molecule has 0 radical (unpaired) electrons. The Hall–Kier alpha value is -2.11. The van der Waals surface area contributed by atoms with Crippen molar-refractivity contribution in [1.29, 1.82) is 0 Å². The first-order chi connectivity index (χ1) is 9.15. The minimum Gasteiger partial charge on any atom is -0.359 e. The molecule has 0 unspecified atom stereocenters. The van der Waals surface area contributed by atoms with Gasteiger partial charge in [-0.3, -0.25) is 4.79 Å². The van der Waals surface area contributed by atoms with E-state index in [0.717, 1.165) is 24.3 Å². The average Bonchev–Trinajstić information content (AvgIpc) is 3.07. The third-order valence-electron chi connectivity index (χ3n) is 3.33. The van der Waals surface area contributed by atoms with Crippen LogP contribution in [0.1, 0.15) is 46.6 Å². The van der Waals surface area contributed by atoms with Crippen molar-refractivity contribution in [3.8, 4) is 0 Å². The number of aryl methyl sites for hydroxylation is 2. The summed E-state index contributed by atoms with van der Waals surface area (Å²) in [4.78, 5) is 14.1. The molecule has 6 heteroatoms.